The molecule has 4 heteroatoms. The molecule has 0 aliphatic carbocycles. The predicted molar refractivity (Wildman–Crippen MR) is 71.9 cm³/mol. The zero-order chi connectivity index (χ0) is 13.5. The van der Waals surface area contributed by atoms with Crippen LogP contribution in [0.2, 0.25) is 0 Å². The number of nitrogens with one attached hydrogen (secondary N) is 1. The highest BCUT2D eigenvalue weighted by Gasteiger charge is 2.30. The van der Waals surface area contributed by atoms with E-state index in [4.69, 9.17) is 6.42 Å². The van der Waals surface area contributed by atoms with E-state index < -0.39 is 0 Å². The first kappa shape index (κ1) is 15.0. The van der Waals surface area contributed by atoms with Crippen LogP contribution in [0.3, 0.4) is 0 Å². The summed E-state index contributed by atoms with van der Waals surface area (Å²) in [5, 5.41) is 12.3. The summed E-state index contributed by atoms with van der Waals surface area (Å²) >= 11 is 0. The van der Waals surface area contributed by atoms with Crippen LogP contribution in [0.4, 0.5) is 0 Å². The van der Waals surface area contributed by atoms with E-state index in [2.05, 4.69) is 16.1 Å². The third-order valence-corrected chi connectivity index (χ3v) is 3.53. The molecular weight excluding hydrogens is 228 g/mol. The van der Waals surface area contributed by atoms with Crippen molar-refractivity contribution in [2.75, 3.05) is 13.1 Å². The topological polar surface area (TPSA) is 52.6 Å². The monoisotopic (exact) mass is 252 g/mol. The average molecular weight is 252 g/mol. The smallest absolute Gasteiger partial charge is 0.237 e. The Morgan fingerprint density at radius 1 is 1.56 bits per heavy atom. The first-order valence-corrected chi connectivity index (χ1v) is 6.71. The van der Waals surface area contributed by atoms with Crippen LogP contribution < -0.4 is 5.32 Å². The van der Waals surface area contributed by atoms with Crippen molar-refractivity contribution in [2.45, 2.75) is 57.7 Å². The van der Waals surface area contributed by atoms with E-state index >= 15 is 0 Å². The highest BCUT2D eigenvalue weighted by Crippen LogP contribution is 2.23. The third-order valence-electron chi connectivity index (χ3n) is 3.53. The van der Waals surface area contributed by atoms with E-state index in [1.54, 1.807) is 6.92 Å². The summed E-state index contributed by atoms with van der Waals surface area (Å²) in [6, 6.07) is 0.118. The van der Waals surface area contributed by atoms with Gasteiger partial charge in [0.2, 0.25) is 5.91 Å². The second-order valence-corrected chi connectivity index (χ2v) is 5.07. The molecule has 0 aromatic carbocycles. The van der Waals surface area contributed by atoms with E-state index in [-0.39, 0.29) is 24.6 Å². The van der Waals surface area contributed by atoms with Gasteiger partial charge in [0.25, 0.3) is 0 Å². The third kappa shape index (κ3) is 4.32. The molecule has 102 valence electrons. The highest BCUT2D eigenvalue weighted by atomic mass is 16.3. The molecule has 1 saturated heterocycles. The largest absolute Gasteiger partial charge is 0.393 e. The molecule has 1 fully saturated rings. The Bertz CT molecular complexity index is 309. The number of aliphatic hydroxyl groups excluding tert-OH is 1. The van der Waals surface area contributed by atoms with Gasteiger partial charge in [-0.2, -0.15) is 0 Å². The minimum Gasteiger partial charge on any atom is -0.393 e. The van der Waals surface area contributed by atoms with Crippen LogP contribution in [0.15, 0.2) is 0 Å². The number of likely N-dealkylation sites (tertiary alicyclic amines) is 1. The number of aliphatic hydroxyl groups is 1. The number of carbonyl (C=O) groups is 1. The molecule has 1 heterocycles. The summed E-state index contributed by atoms with van der Waals surface area (Å²) in [6.07, 6.45) is 8.88. The lowest BCUT2D eigenvalue weighted by Gasteiger charge is -2.39. The summed E-state index contributed by atoms with van der Waals surface area (Å²) in [4.78, 5) is 14.1. The van der Waals surface area contributed by atoms with Crippen LogP contribution in [-0.2, 0) is 4.79 Å². The van der Waals surface area contributed by atoms with E-state index in [1.807, 2.05) is 6.92 Å². The molecule has 2 N–H and O–H groups in total. The Hall–Kier alpha value is -1.05. The number of carbonyl (C=O) groups excluding carboxylic acids is 1. The van der Waals surface area contributed by atoms with Crippen molar-refractivity contribution in [2.24, 2.45) is 0 Å². The van der Waals surface area contributed by atoms with Crippen LogP contribution in [0, 0.1) is 12.3 Å². The SMILES string of the molecule is C#CCNC(=O)C(C)N1CCCCC1CC(C)O. The van der Waals surface area contributed by atoms with Crippen molar-refractivity contribution < 1.29 is 9.90 Å². The minimum absolute atomic E-state index is 0.0227. The van der Waals surface area contributed by atoms with Crippen LogP contribution in [0.25, 0.3) is 0 Å². The van der Waals surface area contributed by atoms with Gasteiger partial charge in [-0.1, -0.05) is 12.3 Å². The van der Waals surface area contributed by atoms with Gasteiger partial charge in [0.05, 0.1) is 18.7 Å². The van der Waals surface area contributed by atoms with Crippen molar-refractivity contribution >= 4 is 5.91 Å². The van der Waals surface area contributed by atoms with Crippen molar-refractivity contribution in [3.63, 3.8) is 0 Å². The fraction of sp³-hybridized carbons (Fsp3) is 0.786. The zero-order valence-corrected chi connectivity index (χ0v) is 11.4. The molecule has 0 saturated carbocycles. The van der Waals surface area contributed by atoms with Crippen molar-refractivity contribution in [3.05, 3.63) is 0 Å². The minimum atomic E-state index is -0.323. The molecule has 3 atom stereocenters. The summed E-state index contributed by atoms with van der Waals surface area (Å²) < 4.78 is 0. The molecule has 0 radical (unpaired) electrons. The Labute approximate surface area is 110 Å². The number of rotatable bonds is 5. The second-order valence-electron chi connectivity index (χ2n) is 5.07. The van der Waals surface area contributed by atoms with Gasteiger partial charge in [0, 0.05) is 6.04 Å². The number of hydrogen-bond acceptors (Lipinski definition) is 3. The fourth-order valence-electron chi connectivity index (χ4n) is 2.62. The Kier molecular flexibility index (Phi) is 6.17. The zero-order valence-electron chi connectivity index (χ0n) is 11.4. The molecule has 0 bridgehead atoms. The van der Waals surface area contributed by atoms with Gasteiger partial charge >= 0.3 is 0 Å². The predicted octanol–water partition coefficient (Wildman–Crippen LogP) is 0.750. The Balaban J connectivity index is 2.59. The Morgan fingerprint density at radius 2 is 2.28 bits per heavy atom. The fourth-order valence-corrected chi connectivity index (χ4v) is 2.62. The molecule has 3 unspecified atom stereocenters. The van der Waals surface area contributed by atoms with E-state index in [0.717, 1.165) is 25.8 Å². The number of amides is 1. The first-order valence-electron chi connectivity index (χ1n) is 6.71. The molecule has 1 rings (SSSR count). The maximum absolute atomic E-state index is 11.9. The summed E-state index contributed by atoms with van der Waals surface area (Å²) in [6.45, 7) is 4.90. The van der Waals surface area contributed by atoms with Gasteiger partial charge in [-0.25, -0.2) is 0 Å². The number of piperidine rings is 1. The average Bonchev–Trinajstić information content (AvgIpc) is 2.35. The molecule has 1 amide bonds. The molecule has 4 nitrogen and oxygen atoms in total. The summed E-state index contributed by atoms with van der Waals surface area (Å²) in [7, 11) is 0. The van der Waals surface area contributed by atoms with Crippen molar-refractivity contribution in [3.8, 4) is 12.3 Å². The van der Waals surface area contributed by atoms with Crippen molar-refractivity contribution in [1.29, 1.82) is 0 Å². The second kappa shape index (κ2) is 7.40. The molecule has 0 aromatic heterocycles. The summed E-state index contributed by atoms with van der Waals surface area (Å²) in [5.74, 6) is 2.39. The number of terminal acetylenes is 1. The molecular formula is C14H24N2O2. The van der Waals surface area contributed by atoms with E-state index in [0.29, 0.717) is 6.04 Å². The van der Waals surface area contributed by atoms with Crippen LogP contribution in [0.1, 0.15) is 39.5 Å². The van der Waals surface area contributed by atoms with Crippen LogP contribution in [-0.4, -0.2) is 47.2 Å². The lowest BCUT2D eigenvalue weighted by Crippen LogP contribution is -2.52. The normalized spacial score (nSPS) is 24.0. The molecule has 1 aliphatic rings. The quantitative estimate of drug-likeness (QED) is 0.710. The Morgan fingerprint density at radius 3 is 2.89 bits per heavy atom. The maximum Gasteiger partial charge on any atom is 0.237 e. The molecule has 0 aromatic rings. The lowest BCUT2D eigenvalue weighted by atomic mass is 9.95. The summed E-state index contributed by atoms with van der Waals surface area (Å²) in [5.41, 5.74) is 0. The van der Waals surface area contributed by atoms with Crippen LogP contribution >= 0.6 is 0 Å². The van der Waals surface area contributed by atoms with Gasteiger partial charge in [0.1, 0.15) is 0 Å². The standard InChI is InChI=1S/C14H24N2O2/c1-4-8-15-14(18)12(3)16-9-6-5-7-13(16)10-11(2)17/h1,11-13,17H,5-10H2,2-3H3,(H,15,18). The van der Waals surface area contributed by atoms with Crippen LogP contribution in [0.5, 0.6) is 0 Å². The molecule has 18 heavy (non-hydrogen) atoms. The van der Waals surface area contributed by atoms with Gasteiger partial charge in [-0.05, 0) is 39.7 Å². The number of nitrogens with zero attached hydrogens (tertiary/aromatic N) is 1. The van der Waals surface area contributed by atoms with Crippen molar-refractivity contribution in [1.82, 2.24) is 10.2 Å². The maximum atomic E-state index is 11.9. The first-order chi connectivity index (χ1) is 8.56. The van der Waals surface area contributed by atoms with Gasteiger partial charge in [-0.15, -0.1) is 6.42 Å². The number of hydrogen-bond donors (Lipinski definition) is 2. The molecule has 0 spiro atoms. The molecule has 1 aliphatic heterocycles. The van der Waals surface area contributed by atoms with Gasteiger partial charge in [-0.3, -0.25) is 9.69 Å². The van der Waals surface area contributed by atoms with E-state index in [1.165, 1.54) is 6.42 Å². The highest BCUT2D eigenvalue weighted by molar-refractivity contribution is 5.81. The van der Waals surface area contributed by atoms with Gasteiger partial charge < -0.3 is 10.4 Å². The van der Waals surface area contributed by atoms with Gasteiger partial charge in [0.15, 0.2) is 0 Å². The lowest BCUT2D eigenvalue weighted by molar-refractivity contribution is -0.127. The van der Waals surface area contributed by atoms with E-state index in [9.17, 15) is 9.90 Å².